The number of fused-ring (bicyclic) bond motifs is 1. The molecule has 2 rings (SSSR count). The predicted molar refractivity (Wildman–Crippen MR) is 91.8 cm³/mol. The number of hydrogen-bond donors (Lipinski definition) is 1. The standard InChI is InChI=1S/C18H25N3/c1-13(2)12-21(5)18-17-9-7-6-8-15(17)10-16(20-18)11-19-14(3)4/h6-10,14,19H,1,11-12H2,2-5H3. The van der Waals surface area contributed by atoms with Crippen LogP contribution in [0.3, 0.4) is 0 Å². The molecule has 0 amide bonds. The molecule has 112 valence electrons. The molecule has 0 saturated carbocycles. The van der Waals surface area contributed by atoms with Crippen molar-refractivity contribution < 1.29 is 0 Å². The summed E-state index contributed by atoms with van der Waals surface area (Å²) >= 11 is 0. The Bertz CT molecular complexity index is 631. The molecule has 0 aliphatic rings. The molecular formula is C18H25N3. The Labute approximate surface area is 127 Å². The maximum atomic E-state index is 4.85. The molecule has 1 aromatic carbocycles. The van der Waals surface area contributed by atoms with E-state index in [2.05, 4.69) is 68.0 Å². The van der Waals surface area contributed by atoms with Crippen LogP contribution in [0.2, 0.25) is 0 Å². The number of pyridine rings is 1. The molecule has 0 spiro atoms. The quantitative estimate of drug-likeness (QED) is 0.818. The predicted octanol–water partition coefficient (Wildman–Crippen LogP) is 3.75. The lowest BCUT2D eigenvalue weighted by molar-refractivity contribution is 0.582. The van der Waals surface area contributed by atoms with Crippen molar-refractivity contribution in [1.82, 2.24) is 10.3 Å². The van der Waals surface area contributed by atoms with Crippen LogP contribution < -0.4 is 10.2 Å². The lowest BCUT2D eigenvalue weighted by Gasteiger charge is -2.21. The Balaban J connectivity index is 2.42. The minimum Gasteiger partial charge on any atom is -0.355 e. The van der Waals surface area contributed by atoms with Crippen molar-refractivity contribution in [3.05, 3.63) is 48.2 Å². The molecule has 3 nitrogen and oxygen atoms in total. The lowest BCUT2D eigenvalue weighted by atomic mass is 10.1. The number of nitrogens with one attached hydrogen (secondary N) is 1. The van der Waals surface area contributed by atoms with Crippen LogP contribution in [0.4, 0.5) is 5.82 Å². The first-order valence-corrected chi connectivity index (χ1v) is 7.45. The molecule has 1 aromatic heterocycles. The summed E-state index contributed by atoms with van der Waals surface area (Å²) in [5.41, 5.74) is 2.21. The Hall–Kier alpha value is -1.87. The molecule has 0 unspecified atom stereocenters. The highest BCUT2D eigenvalue weighted by molar-refractivity contribution is 5.92. The summed E-state index contributed by atoms with van der Waals surface area (Å²) in [6.07, 6.45) is 0. The highest BCUT2D eigenvalue weighted by atomic mass is 15.2. The normalized spacial score (nSPS) is 11.1. The summed E-state index contributed by atoms with van der Waals surface area (Å²) in [6.45, 7) is 11.9. The third-order valence-corrected chi connectivity index (χ3v) is 3.33. The SMILES string of the molecule is C=C(C)CN(C)c1nc(CNC(C)C)cc2ccccc12. The zero-order chi connectivity index (χ0) is 15.4. The van der Waals surface area contributed by atoms with E-state index in [-0.39, 0.29) is 0 Å². The second-order valence-electron chi connectivity index (χ2n) is 6.01. The average molecular weight is 283 g/mol. The third-order valence-electron chi connectivity index (χ3n) is 3.33. The van der Waals surface area contributed by atoms with Gasteiger partial charge < -0.3 is 10.2 Å². The van der Waals surface area contributed by atoms with Gasteiger partial charge in [0.05, 0.1) is 5.69 Å². The number of anilines is 1. The summed E-state index contributed by atoms with van der Waals surface area (Å²) in [5, 5.41) is 5.86. The molecule has 0 bridgehead atoms. The van der Waals surface area contributed by atoms with Crippen LogP contribution in [0.5, 0.6) is 0 Å². The molecule has 1 N–H and O–H groups in total. The first-order chi connectivity index (χ1) is 9.97. The van der Waals surface area contributed by atoms with Crippen molar-refractivity contribution >= 4 is 16.6 Å². The van der Waals surface area contributed by atoms with Crippen molar-refractivity contribution in [2.75, 3.05) is 18.5 Å². The summed E-state index contributed by atoms with van der Waals surface area (Å²) in [6, 6.07) is 11.0. The van der Waals surface area contributed by atoms with E-state index in [0.29, 0.717) is 6.04 Å². The van der Waals surface area contributed by atoms with E-state index in [9.17, 15) is 0 Å². The zero-order valence-electron chi connectivity index (χ0n) is 13.5. The van der Waals surface area contributed by atoms with E-state index in [1.165, 1.54) is 10.8 Å². The van der Waals surface area contributed by atoms with Gasteiger partial charge in [-0.25, -0.2) is 4.98 Å². The number of hydrogen-bond acceptors (Lipinski definition) is 3. The van der Waals surface area contributed by atoms with Gasteiger partial charge >= 0.3 is 0 Å². The summed E-state index contributed by atoms with van der Waals surface area (Å²) in [4.78, 5) is 7.02. The first kappa shape index (κ1) is 15.5. The molecule has 1 heterocycles. The molecule has 3 heteroatoms. The van der Waals surface area contributed by atoms with Crippen LogP contribution in [0.1, 0.15) is 26.5 Å². The highest BCUT2D eigenvalue weighted by Gasteiger charge is 2.10. The molecule has 0 fully saturated rings. The number of rotatable bonds is 6. The average Bonchev–Trinajstić information content (AvgIpc) is 2.43. The highest BCUT2D eigenvalue weighted by Crippen LogP contribution is 2.25. The topological polar surface area (TPSA) is 28.2 Å². The van der Waals surface area contributed by atoms with Crippen molar-refractivity contribution in [2.24, 2.45) is 0 Å². The van der Waals surface area contributed by atoms with E-state index in [1.807, 2.05) is 6.92 Å². The first-order valence-electron chi connectivity index (χ1n) is 7.45. The smallest absolute Gasteiger partial charge is 0.136 e. The van der Waals surface area contributed by atoms with Crippen molar-refractivity contribution in [3.8, 4) is 0 Å². The molecular weight excluding hydrogens is 258 g/mol. The van der Waals surface area contributed by atoms with E-state index < -0.39 is 0 Å². The Morgan fingerprint density at radius 3 is 2.71 bits per heavy atom. The zero-order valence-corrected chi connectivity index (χ0v) is 13.5. The van der Waals surface area contributed by atoms with Crippen LogP contribution in [0.25, 0.3) is 10.8 Å². The fourth-order valence-electron chi connectivity index (χ4n) is 2.40. The number of likely N-dealkylation sites (N-methyl/N-ethyl adjacent to an activating group) is 1. The van der Waals surface area contributed by atoms with Gasteiger partial charge in [-0.3, -0.25) is 0 Å². The molecule has 2 aromatic rings. The van der Waals surface area contributed by atoms with Crippen LogP contribution >= 0.6 is 0 Å². The fourth-order valence-corrected chi connectivity index (χ4v) is 2.40. The van der Waals surface area contributed by atoms with Crippen molar-refractivity contribution in [3.63, 3.8) is 0 Å². The van der Waals surface area contributed by atoms with Crippen molar-refractivity contribution in [2.45, 2.75) is 33.4 Å². The molecule has 0 aliphatic carbocycles. The maximum Gasteiger partial charge on any atom is 0.136 e. The van der Waals surface area contributed by atoms with Gasteiger partial charge in [0, 0.05) is 31.6 Å². The second kappa shape index (κ2) is 6.72. The monoisotopic (exact) mass is 283 g/mol. The van der Waals surface area contributed by atoms with Gasteiger partial charge in [-0.15, -0.1) is 0 Å². The minimum atomic E-state index is 0.454. The Kier molecular flexibility index (Phi) is 4.97. The molecule has 0 aliphatic heterocycles. The largest absolute Gasteiger partial charge is 0.355 e. The van der Waals surface area contributed by atoms with E-state index in [4.69, 9.17) is 4.98 Å². The van der Waals surface area contributed by atoms with Gasteiger partial charge in [0.1, 0.15) is 5.82 Å². The number of nitrogens with zero attached hydrogens (tertiary/aromatic N) is 2. The number of benzene rings is 1. The summed E-state index contributed by atoms with van der Waals surface area (Å²) in [7, 11) is 2.07. The van der Waals surface area contributed by atoms with Gasteiger partial charge in [0.25, 0.3) is 0 Å². The van der Waals surface area contributed by atoms with Gasteiger partial charge in [-0.05, 0) is 18.4 Å². The van der Waals surface area contributed by atoms with Gasteiger partial charge in [-0.1, -0.05) is 50.3 Å². The Morgan fingerprint density at radius 2 is 2.05 bits per heavy atom. The molecule has 0 radical (unpaired) electrons. The molecule has 0 saturated heterocycles. The van der Waals surface area contributed by atoms with E-state index in [1.54, 1.807) is 0 Å². The second-order valence-corrected chi connectivity index (χ2v) is 6.01. The van der Waals surface area contributed by atoms with E-state index >= 15 is 0 Å². The van der Waals surface area contributed by atoms with Crippen LogP contribution in [0, 0.1) is 0 Å². The van der Waals surface area contributed by atoms with E-state index in [0.717, 1.165) is 30.2 Å². The summed E-state index contributed by atoms with van der Waals surface area (Å²) < 4.78 is 0. The molecule has 21 heavy (non-hydrogen) atoms. The van der Waals surface area contributed by atoms with Crippen LogP contribution in [-0.2, 0) is 6.54 Å². The van der Waals surface area contributed by atoms with Crippen molar-refractivity contribution in [1.29, 1.82) is 0 Å². The van der Waals surface area contributed by atoms with Gasteiger partial charge in [-0.2, -0.15) is 0 Å². The van der Waals surface area contributed by atoms with Gasteiger partial charge in [0.2, 0.25) is 0 Å². The van der Waals surface area contributed by atoms with Gasteiger partial charge in [0.15, 0.2) is 0 Å². The van der Waals surface area contributed by atoms with Crippen LogP contribution in [0.15, 0.2) is 42.5 Å². The maximum absolute atomic E-state index is 4.85. The Morgan fingerprint density at radius 1 is 1.33 bits per heavy atom. The lowest BCUT2D eigenvalue weighted by Crippen LogP contribution is -2.24. The fraction of sp³-hybridized carbons (Fsp3) is 0.389. The third kappa shape index (κ3) is 4.05. The minimum absolute atomic E-state index is 0.454. The summed E-state index contributed by atoms with van der Waals surface area (Å²) in [5.74, 6) is 1.02. The molecule has 0 atom stereocenters. The van der Waals surface area contributed by atoms with Crippen LogP contribution in [-0.4, -0.2) is 24.6 Å². The number of aromatic nitrogens is 1.